The van der Waals surface area contributed by atoms with Crippen LogP contribution in [0.1, 0.15) is 5.69 Å². The van der Waals surface area contributed by atoms with E-state index in [1.807, 2.05) is 0 Å². The third-order valence-corrected chi connectivity index (χ3v) is 3.38. The molecule has 0 atom stereocenters. The Labute approximate surface area is 113 Å². The zero-order chi connectivity index (χ0) is 13.1. The van der Waals surface area contributed by atoms with E-state index in [4.69, 9.17) is 0 Å². The number of hydrogen-bond donors (Lipinski definition) is 2. The average molecular weight is 331 g/mol. The molecule has 2 aromatic heterocycles. The molecule has 0 unspecified atom stereocenters. The Morgan fingerprint density at radius 3 is 2.94 bits per heavy atom. The first-order chi connectivity index (χ1) is 8.56. The number of nitro groups is 1. The van der Waals surface area contributed by atoms with Crippen molar-refractivity contribution in [2.24, 2.45) is 0 Å². The van der Waals surface area contributed by atoms with Gasteiger partial charge < -0.3 is 10.3 Å². The molecule has 0 radical (unpaired) electrons. The highest BCUT2D eigenvalue weighted by Crippen LogP contribution is 2.24. The first-order valence-corrected chi connectivity index (χ1v) is 6.44. The monoisotopic (exact) mass is 330 g/mol. The highest BCUT2D eigenvalue weighted by Gasteiger charge is 2.10. The van der Waals surface area contributed by atoms with Crippen LogP contribution in [0.3, 0.4) is 0 Å². The molecule has 0 saturated heterocycles. The zero-order valence-corrected chi connectivity index (χ0v) is 11.2. The molecular formula is C9H7BrN4O3S. The van der Waals surface area contributed by atoms with Crippen molar-refractivity contribution in [1.82, 2.24) is 9.97 Å². The largest absolute Gasteiger partial charge is 0.364 e. The fourth-order valence-electron chi connectivity index (χ4n) is 1.24. The molecule has 0 aliphatic heterocycles. The maximum absolute atomic E-state index is 10.9. The Hall–Kier alpha value is -1.74. The Kier molecular flexibility index (Phi) is 3.72. The molecular weight excluding hydrogens is 324 g/mol. The van der Waals surface area contributed by atoms with Gasteiger partial charge in [-0.1, -0.05) is 11.3 Å². The van der Waals surface area contributed by atoms with E-state index >= 15 is 0 Å². The summed E-state index contributed by atoms with van der Waals surface area (Å²) in [5.74, 6) is 0.479. The van der Waals surface area contributed by atoms with Gasteiger partial charge >= 0.3 is 4.87 Å². The van der Waals surface area contributed by atoms with Crippen molar-refractivity contribution in [3.63, 3.8) is 0 Å². The molecule has 18 heavy (non-hydrogen) atoms. The van der Waals surface area contributed by atoms with Crippen molar-refractivity contribution in [3.8, 4) is 0 Å². The normalized spacial score (nSPS) is 10.3. The lowest BCUT2D eigenvalue weighted by atomic mass is 10.4. The van der Waals surface area contributed by atoms with E-state index in [9.17, 15) is 14.9 Å². The standard InChI is InChI=1S/C9H7BrN4O3S/c10-7-1-6(14(16)17)3-12-8(7)11-2-5-4-18-9(15)13-5/h1,3-4H,2H2,(H,11,12)(H,13,15). The SMILES string of the molecule is O=c1[nH]c(CNc2ncc([N+](=O)[O-])cc2Br)cs1. The van der Waals surface area contributed by atoms with Crippen LogP contribution in [0.4, 0.5) is 11.5 Å². The van der Waals surface area contributed by atoms with E-state index < -0.39 is 4.92 Å². The zero-order valence-electron chi connectivity index (χ0n) is 8.84. The van der Waals surface area contributed by atoms with Gasteiger partial charge in [0.05, 0.1) is 15.9 Å². The van der Waals surface area contributed by atoms with Crippen LogP contribution in [0.2, 0.25) is 0 Å². The van der Waals surface area contributed by atoms with Crippen LogP contribution in [0.15, 0.2) is 26.9 Å². The number of nitrogens with zero attached hydrogens (tertiary/aromatic N) is 2. The minimum Gasteiger partial charge on any atom is -0.364 e. The Morgan fingerprint density at radius 2 is 2.39 bits per heavy atom. The number of aromatic amines is 1. The Balaban J connectivity index is 2.10. The second-order valence-electron chi connectivity index (χ2n) is 3.31. The summed E-state index contributed by atoms with van der Waals surface area (Å²) >= 11 is 4.27. The Morgan fingerprint density at radius 1 is 1.61 bits per heavy atom. The molecule has 94 valence electrons. The summed E-state index contributed by atoms with van der Waals surface area (Å²) in [6.07, 6.45) is 1.17. The molecule has 2 heterocycles. The lowest BCUT2D eigenvalue weighted by molar-refractivity contribution is -0.385. The van der Waals surface area contributed by atoms with E-state index in [0.29, 0.717) is 16.8 Å². The van der Waals surface area contributed by atoms with E-state index in [2.05, 4.69) is 31.2 Å². The van der Waals surface area contributed by atoms with E-state index in [1.54, 1.807) is 5.38 Å². The van der Waals surface area contributed by atoms with Gasteiger partial charge in [0.25, 0.3) is 5.69 Å². The lowest BCUT2D eigenvalue weighted by Gasteiger charge is -2.05. The van der Waals surface area contributed by atoms with Crippen molar-refractivity contribution in [2.75, 3.05) is 5.32 Å². The van der Waals surface area contributed by atoms with E-state index in [0.717, 1.165) is 17.0 Å². The average Bonchev–Trinajstić information content (AvgIpc) is 2.73. The molecule has 0 saturated carbocycles. The summed E-state index contributed by atoms with van der Waals surface area (Å²) in [7, 11) is 0. The summed E-state index contributed by atoms with van der Waals surface area (Å²) < 4.78 is 0.495. The molecule has 0 amide bonds. The van der Waals surface area contributed by atoms with Crippen molar-refractivity contribution < 1.29 is 4.92 Å². The number of nitrogens with one attached hydrogen (secondary N) is 2. The summed E-state index contributed by atoms with van der Waals surface area (Å²) in [4.78, 5) is 27.4. The van der Waals surface area contributed by atoms with Gasteiger partial charge in [-0.25, -0.2) is 4.98 Å². The minimum absolute atomic E-state index is 0.0867. The van der Waals surface area contributed by atoms with Gasteiger partial charge in [-0.15, -0.1) is 0 Å². The van der Waals surface area contributed by atoms with Gasteiger partial charge in [0.1, 0.15) is 12.0 Å². The van der Waals surface area contributed by atoms with Crippen LogP contribution < -0.4 is 10.2 Å². The second kappa shape index (κ2) is 5.27. The number of H-pyrrole nitrogens is 1. The Bertz CT molecular complexity index is 639. The molecule has 0 spiro atoms. The predicted octanol–water partition coefficient (Wildman–Crippen LogP) is 2.11. The number of anilines is 1. The molecule has 2 aromatic rings. The summed E-state index contributed by atoms with van der Waals surface area (Å²) in [5.41, 5.74) is 0.647. The van der Waals surface area contributed by atoms with Gasteiger partial charge in [0, 0.05) is 17.1 Å². The molecule has 2 rings (SSSR count). The number of thiazole rings is 1. The lowest BCUT2D eigenvalue weighted by Crippen LogP contribution is -2.05. The van der Waals surface area contributed by atoms with Crippen LogP contribution >= 0.6 is 27.3 Å². The third-order valence-electron chi connectivity index (χ3n) is 2.05. The quantitative estimate of drug-likeness (QED) is 0.660. The van der Waals surface area contributed by atoms with Crippen LogP contribution in [-0.2, 0) is 6.54 Å². The highest BCUT2D eigenvalue weighted by atomic mass is 79.9. The fourth-order valence-corrected chi connectivity index (χ4v) is 2.30. The third kappa shape index (κ3) is 2.93. The predicted molar refractivity (Wildman–Crippen MR) is 70.9 cm³/mol. The van der Waals surface area contributed by atoms with Crippen molar-refractivity contribution in [3.05, 3.63) is 47.6 Å². The van der Waals surface area contributed by atoms with Gasteiger partial charge in [0.15, 0.2) is 0 Å². The van der Waals surface area contributed by atoms with Crippen molar-refractivity contribution >= 4 is 38.8 Å². The van der Waals surface area contributed by atoms with Crippen molar-refractivity contribution in [2.45, 2.75) is 6.54 Å². The van der Waals surface area contributed by atoms with Gasteiger partial charge in [0.2, 0.25) is 0 Å². The molecule has 2 N–H and O–H groups in total. The fraction of sp³-hybridized carbons (Fsp3) is 0.111. The van der Waals surface area contributed by atoms with Gasteiger partial charge in [-0.2, -0.15) is 0 Å². The number of halogens is 1. The number of aromatic nitrogens is 2. The molecule has 9 heteroatoms. The summed E-state index contributed by atoms with van der Waals surface area (Å²) in [6, 6.07) is 1.37. The summed E-state index contributed by atoms with van der Waals surface area (Å²) in [5, 5.41) is 15.2. The molecule has 0 aliphatic carbocycles. The van der Waals surface area contributed by atoms with Gasteiger partial charge in [-0.3, -0.25) is 14.9 Å². The number of hydrogen-bond acceptors (Lipinski definition) is 6. The maximum atomic E-state index is 10.9. The van der Waals surface area contributed by atoms with Gasteiger partial charge in [-0.05, 0) is 15.9 Å². The molecule has 0 bridgehead atoms. The highest BCUT2D eigenvalue weighted by molar-refractivity contribution is 9.10. The molecule has 0 aliphatic rings. The van der Waals surface area contributed by atoms with Crippen LogP contribution in [-0.4, -0.2) is 14.9 Å². The van der Waals surface area contributed by atoms with Crippen molar-refractivity contribution in [1.29, 1.82) is 0 Å². The number of pyridine rings is 1. The van der Waals surface area contributed by atoms with Crippen LogP contribution in [0.25, 0.3) is 0 Å². The summed E-state index contributed by atoms with van der Waals surface area (Å²) in [6.45, 7) is 0.391. The molecule has 7 nitrogen and oxygen atoms in total. The van der Waals surface area contributed by atoms with E-state index in [1.165, 1.54) is 12.3 Å². The smallest absolute Gasteiger partial charge is 0.304 e. The molecule has 0 fully saturated rings. The van der Waals surface area contributed by atoms with E-state index in [-0.39, 0.29) is 10.6 Å². The maximum Gasteiger partial charge on any atom is 0.304 e. The second-order valence-corrected chi connectivity index (χ2v) is 5.00. The molecule has 0 aromatic carbocycles. The van der Waals surface area contributed by atoms with Crippen LogP contribution in [0, 0.1) is 10.1 Å². The first-order valence-electron chi connectivity index (χ1n) is 4.77. The topological polar surface area (TPSA) is 101 Å². The minimum atomic E-state index is -0.516. The van der Waals surface area contributed by atoms with Crippen LogP contribution in [0.5, 0.6) is 0 Å². The number of rotatable bonds is 4. The first kappa shape index (κ1) is 12.7.